The van der Waals surface area contributed by atoms with E-state index in [1.807, 2.05) is 23.6 Å². The molecule has 3 aromatic rings. The number of furan rings is 1. The predicted octanol–water partition coefficient (Wildman–Crippen LogP) is 2.16. The summed E-state index contributed by atoms with van der Waals surface area (Å²) in [5.41, 5.74) is 0.551. The zero-order chi connectivity index (χ0) is 15.5. The molecular weight excluding hydrogens is 302 g/mol. The summed E-state index contributed by atoms with van der Waals surface area (Å²) in [5, 5.41) is 8.76. The first-order valence-corrected chi connectivity index (χ1v) is 7.64. The molecule has 0 radical (unpaired) electrons. The maximum Gasteiger partial charge on any atom is 0.251 e. The maximum absolute atomic E-state index is 11.5. The topological polar surface area (TPSA) is 89.6 Å². The van der Waals surface area contributed by atoms with Gasteiger partial charge in [-0.05, 0) is 26.0 Å². The molecule has 3 heterocycles. The van der Waals surface area contributed by atoms with Gasteiger partial charge in [0.2, 0.25) is 0 Å². The Balaban J connectivity index is 1.78. The van der Waals surface area contributed by atoms with E-state index < -0.39 is 0 Å². The first-order chi connectivity index (χ1) is 10.6. The van der Waals surface area contributed by atoms with Gasteiger partial charge in [-0.25, -0.2) is 4.98 Å². The SMILES string of the molecule is Cc1cc(=O)[nH]c(C(C)Sc2nncn2Cc2ccco2)n1. The lowest BCUT2D eigenvalue weighted by Crippen LogP contribution is -2.12. The van der Waals surface area contributed by atoms with Crippen molar-refractivity contribution in [2.75, 3.05) is 0 Å². The number of rotatable bonds is 5. The molecule has 0 amide bonds. The third-order valence-corrected chi connectivity index (χ3v) is 4.15. The third kappa shape index (κ3) is 3.28. The molecule has 0 aromatic carbocycles. The average Bonchev–Trinajstić information content (AvgIpc) is 3.11. The molecule has 0 saturated carbocycles. The van der Waals surface area contributed by atoms with E-state index in [1.54, 1.807) is 19.5 Å². The van der Waals surface area contributed by atoms with Gasteiger partial charge in [0, 0.05) is 11.8 Å². The molecule has 1 N–H and O–H groups in total. The molecular formula is C14H15N5O2S. The summed E-state index contributed by atoms with van der Waals surface area (Å²) < 4.78 is 7.23. The van der Waals surface area contributed by atoms with Crippen LogP contribution < -0.4 is 5.56 Å². The molecule has 7 nitrogen and oxygen atoms in total. The minimum atomic E-state index is -0.146. The van der Waals surface area contributed by atoms with E-state index in [1.165, 1.54) is 17.8 Å². The second-order valence-corrected chi connectivity index (χ2v) is 6.16. The Labute approximate surface area is 130 Å². The van der Waals surface area contributed by atoms with Gasteiger partial charge in [0.1, 0.15) is 17.9 Å². The second-order valence-electron chi connectivity index (χ2n) is 4.85. The summed E-state index contributed by atoms with van der Waals surface area (Å²) in [6.45, 7) is 4.33. The summed E-state index contributed by atoms with van der Waals surface area (Å²) in [6.07, 6.45) is 3.29. The normalized spacial score (nSPS) is 12.5. The van der Waals surface area contributed by atoms with Crippen LogP contribution in [0.1, 0.15) is 29.5 Å². The lowest BCUT2D eigenvalue weighted by Gasteiger charge is -2.11. The number of thioether (sulfide) groups is 1. The Morgan fingerprint density at radius 3 is 3.09 bits per heavy atom. The zero-order valence-electron chi connectivity index (χ0n) is 12.2. The van der Waals surface area contributed by atoms with E-state index in [9.17, 15) is 4.79 Å². The van der Waals surface area contributed by atoms with Crippen molar-refractivity contribution in [2.24, 2.45) is 0 Å². The lowest BCUT2D eigenvalue weighted by atomic mass is 10.4. The van der Waals surface area contributed by atoms with Crippen LogP contribution in [0, 0.1) is 6.92 Å². The van der Waals surface area contributed by atoms with Crippen molar-refractivity contribution >= 4 is 11.8 Å². The van der Waals surface area contributed by atoms with Crippen molar-refractivity contribution < 1.29 is 4.42 Å². The number of aromatic nitrogens is 5. The molecule has 1 unspecified atom stereocenters. The van der Waals surface area contributed by atoms with E-state index in [0.29, 0.717) is 18.1 Å². The van der Waals surface area contributed by atoms with Crippen LogP contribution in [0.2, 0.25) is 0 Å². The molecule has 3 aromatic heterocycles. The number of hydrogen-bond donors (Lipinski definition) is 1. The monoisotopic (exact) mass is 317 g/mol. The van der Waals surface area contributed by atoms with E-state index >= 15 is 0 Å². The van der Waals surface area contributed by atoms with Crippen LogP contribution in [0.25, 0.3) is 0 Å². The van der Waals surface area contributed by atoms with Gasteiger partial charge < -0.3 is 14.0 Å². The van der Waals surface area contributed by atoms with E-state index in [0.717, 1.165) is 10.9 Å². The van der Waals surface area contributed by atoms with Gasteiger partial charge in [-0.1, -0.05) is 11.8 Å². The average molecular weight is 317 g/mol. The third-order valence-electron chi connectivity index (χ3n) is 3.04. The van der Waals surface area contributed by atoms with Gasteiger partial charge in [-0.3, -0.25) is 4.79 Å². The van der Waals surface area contributed by atoms with Gasteiger partial charge in [-0.2, -0.15) is 0 Å². The number of aryl methyl sites for hydroxylation is 1. The van der Waals surface area contributed by atoms with Gasteiger partial charge in [0.15, 0.2) is 5.16 Å². The van der Waals surface area contributed by atoms with Crippen LogP contribution in [0.3, 0.4) is 0 Å². The molecule has 0 saturated heterocycles. The first kappa shape index (κ1) is 14.6. The lowest BCUT2D eigenvalue weighted by molar-refractivity contribution is 0.484. The molecule has 0 aliphatic carbocycles. The molecule has 1 atom stereocenters. The van der Waals surface area contributed by atoms with E-state index in [2.05, 4.69) is 20.2 Å². The smallest absolute Gasteiger partial charge is 0.251 e. The van der Waals surface area contributed by atoms with Crippen molar-refractivity contribution in [1.82, 2.24) is 24.7 Å². The molecule has 3 rings (SSSR count). The molecule has 0 spiro atoms. The highest BCUT2D eigenvalue weighted by atomic mass is 32.2. The number of nitrogens with zero attached hydrogens (tertiary/aromatic N) is 4. The molecule has 8 heteroatoms. The summed E-state index contributed by atoms with van der Waals surface area (Å²) in [5.74, 6) is 1.46. The van der Waals surface area contributed by atoms with Crippen molar-refractivity contribution in [3.63, 3.8) is 0 Å². The highest BCUT2D eigenvalue weighted by molar-refractivity contribution is 7.99. The number of aromatic amines is 1. The van der Waals surface area contributed by atoms with Crippen LogP contribution >= 0.6 is 11.8 Å². The molecule has 22 heavy (non-hydrogen) atoms. The Hall–Kier alpha value is -2.35. The number of hydrogen-bond acceptors (Lipinski definition) is 6. The van der Waals surface area contributed by atoms with Gasteiger partial charge in [0.05, 0.1) is 18.1 Å². The van der Waals surface area contributed by atoms with Crippen LogP contribution in [-0.4, -0.2) is 24.7 Å². The number of H-pyrrole nitrogens is 1. The van der Waals surface area contributed by atoms with Crippen LogP contribution in [0.15, 0.2) is 45.2 Å². The van der Waals surface area contributed by atoms with Gasteiger partial charge >= 0.3 is 0 Å². The van der Waals surface area contributed by atoms with Crippen LogP contribution in [-0.2, 0) is 6.54 Å². The summed E-state index contributed by atoms with van der Waals surface area (Å²) in [4.78, 5) is 18.7. The van der Waals surface area contributed by atoms with Gasteiger partial charge in [-0.15, -0.1) is 10.2 Å². The summed E-state index contributed by atoms with van der Waals surface area (Å²) >= 11 is 1.48. The summed E-state index contributed by atoms with van der Waals surface area (Å²) in [6, 6.07) is 5.22. The van der Waals surface area contributed by atoms with Crippen molar-refractivity contribution in [3.05, 3.63) is 58.4 Å². The van der Waals surface area contributed by atoms with Crippen LogP contribution in [0.5, 0.6) is 0 Å². The second kappa shape index (κ2) is 6.18. The zero-order valence-corrected chi connectivity index (χ0v) is 13.0. The fraction of sp³-hybridized carbons (Fsp3) is 0.286. The van der Waals surface area contributed by atoms with E-state index in [-0.39, 0.29) is 10.8 Å². The Morgan fingerprint density at radius 2 is 2.36 bits per heavy atom. The highest BCUT2D eigenvalue weighted by Crippen LogP contribution is 2.31. The van der Waals surface area contributed by atoms with E-state index in [4.69, 9.17) is 4.42 Å². The molecule has 0 fully saturated rings. The minimum absolute atomic E-state index is 0.0489. The molecule has 0 aliphatic heterocycles. The van der Waals surface area contributed by atoms with Crippen molar-refractivity contribution in [3.8, 4) is 0 Å². The predicted molar refractivity (Wildman–Crippen MR) is 81.7 cm³/mol. The minimum Gasteiger partial charge on any atom is -0.467 e. The quantitative estimate of drug-likeness (QED) is 0.725. The summed E-state index contributed by atoms with van der Waals surface area (Å²) in [7, 11) is 0. The fourth-order valence-electron chi connectivity index (χ4n) is 2.02. The number of nitrogens with one attached hydrogen (secondary N) is 1. The molecule has 0 aliphatic rings. The Morgan fingerprint density at radius 1 is 1.50 bits per heavy atom. The highest BCUT2D eigenvalue weighted by Gasteiger charge is 2.15. The maximum atomic E-state index is 11.5. The first-order valence-electron chi connectivity index (χ1n) is 6.76. The van der Waals surface area contributed by atoms with Crippen molar-refractivity contribution in [1.29, 1.82) is 0 Å². The largest absolute Gasteiger partial charge is 0.467 e. The Bertz CT molecular complexity index is 809. The Kier molecular flexibility index (Phi) is 4.10. The van der Waals surface area contributed by atoms with Crippen LogP contribution in [0.4, 0.5) is 0 Å². The fourth-order valence-corrected chi connectivity index (χ4v) is 2.90. The molecule has 114 valence electrons. The van der Waals surface area contributed by atoms with Gasteiger partial charge in [0.25, 0.3) is 5.56 Å². The van der Waals surface area contributed by atoms with Crippen molar-refractivity contribution in [2.45, 2.75) is 30.8 Å². The molecule has 0 bridgehead atoms. The standard InChI is InChI=1S/C14H15N5O2S/c1-9-6-12(20)17-13(16-9)10(2)22-14-18-15-8-19(14)7-11-4-3-5-21-11/h3-6,8,10H,7H2,1-2H3,(H,16,17,20).